The number of sulfonamides is 1. The highest BCUT2D eigenvalue weighted by Crippen LogP contribution is 2.24. The Balaban J connectivity index is 1.64. The molecule has 1 aliphatic heterocycles. The van der Waals surface area contributed by atoms with Gasteiger partial charge in [0.15, 0.2) is 0 Å². The van der Waals surface area contributed by atoms with E-state index < -0.39 is 10.0 Å². The van der Waals surface area contributed by atoms with Crippen molar-refractivity contribution in [3.05, 3.63) is 46.8 Å². The van der Waals surface area contributed by atoms with E-state index in [4.69, 9.17) is 0 Å². The molecule has 0 radical (unpaired) electrons. The molecule has 1 aromatic heterocycles. The Hall–Kier alpha value is -1.74. The predicted octanol–water partition coefficient (Wildman–Crippen LogP) is 2.61. The maximum atomic E-state index is 13.0. The van der Waals surface area contributed by atoms with Gasteiger partial charge < -0.3 is 0 Å². The Morgan fingerprint density at radius 1 is 1.00 bits per heavy atom. The number of nitrogens with zero attached hydrogens (tertiary/aromatic N) is 5. The van der Waals surface area contributed by atoms with E-state index in [1.807, 2.05) is 25.5 Å². The number of aryl methyl sites for hydroxylation is 2. The van der Waals surface area contributed by atoms with Gasteiger partial charge in [-0.3, -0.25) is 14.5 Å². The van der Waals surface area contributed by atoms with Crippen molar-refractivity contribution in [3.8, 4) is 0 Å². The van der Waals surface area contributed by atoms with E-state index in [1.165, 1.54) is 15.4 Å². The summed E-state index contributed by atoms with van der Waals surface area (Å²) in [4.78, 5) is 5.19. The zero-order valence-electron chi connectivity index (χ0n) is 18.9. The van der Waals surface area contributed by atoms with E-state index in [0.29, 0.717) is 30.3 Å². The van der Waals surface area contributed by atoms with Crippen LogP contribution in [-0.2, 0) is 23.2 Å². The van der Waals surface area contributed by atoms with Gasteiger partial charge in [-0.2, -0.15) is 9.40 Å². The number of rotatable bonds is 8. The number of piperazine rings is 1. The molecule has 0 atom stereocenters. The molecule has 0 unspecified atom stereocenters. The Morgan fingerprint density at radius 3 is 2.23 bits per heavy atom. The molecular weight excluding hydrogens is 398 g/mol. The molecule has 1 saturated heterocycles. The van der Waals surface area contributed by atoms with Crippen molar-refractivity contribution in [1.29, 1.82) is 0 Å². The normalized spacial score (nSPS) is 16.5. The number of aromatic nitrogens is 2. The molecule has 2 aromatic rings. The molecule has 166 valence electrons. The van der Waals surface area contributed by atoms with Crippen LogP contribution in [0.3, 0.4) is 0 Å². The Kier molecular flexibility index (Phi) is 7.34. The second-order valence-corrected chi connectivity index (χ2v) is 9.99. The first-order valence-corrected chi connectivity index (χ1v) is 12.2. The van der Waals surface area contributed by atoms with Crippen molar-refractivity contribution in [2.75, 3.05) is 39.3 Å². The monoisotopic (exact) mass is 433 g/mol. The molecule has 2 heterocycles. The molecule has 0 N–H and O–H groups in total. The molecule has 0 aliphatic carbocycles. The summed E-state index contributed by atoms with van der Waals surface area (Å²) in [5.74, 6) is 0. The minimum atomic E-state index is -3.51. The summed E-state index contributed by atoms with van der Waals surface area (Å²) < 4.78 is 29.4. The molecule has 8 heteroatoms. The lowest BCUT2D eigenvalue weighted by molar-refractivity contribution is 0.0978. The first-order valence-electron chi connectivity index (χ1n) is 10.8. The van der Waals surface area contributed by atoms with Crippen LogP contribution in [0.15, 0.2) is 29.2 Å². The Labute approximate surface area is 181 Å². The molecule has 0 saturated carbocycles. The maximum Gasteiger partial charge on any atom is 0.246 e. The third-order valence-electron chi connectivity index (χ3n) is 5.91. The van der Waals surface area contributed by atoms with Gasteiger partial charge >= 0.3 is 0 Å². The lowest BCUT2D eigenvalue weighted by atomic mass is 10.1. The van der Waals surface area contributed by atoms with Gasteiger partial charge in [-0.05, 0) is 26.3 Å². The van der Waals surface area contributed by atoms with Crippen LogP contribution in [0.25, 0.3) is 0 Å². The SMILES string of the molecule is CCN(CC)S(=O)(=O)c1c(C)nn(CN2CCN(Cc3cccc(C)c3)CC2)c1C. The standard InChI is InChI=1S/C22H35N5O2S/c1-6-26(7-2)30(28,29)22-19(4)23-27(20(22)5)17-25-13-11-24(12-14-25)16-21-10-8-9-18(3)15-21/h8-10,15H,6-7,11-14,16-17H2,1-5H3. The van der Waals surface area contributed by atoms with E-state index in [1.54, 1.807) is 6.92 Å². The molecule has 1 aliphatic rings. The van der Waals surface area contributed by atoms with Crippen LogP contribution < -0.4 is 0 Å². The smallest absolute Gasteiger partial charge is 0.246 e. The summed E-state index contributed by atoms with van der Waals surface area (Å²) in [5, 5.41) is 4.57. The van der Waals surface area contributed by atoms with Crippen LogP contribution in [0.4, 0.5) is 0 Å². The van der Waals surface area contributed by atoms with Crippen LogP contribution in [0.1, 0.15) is 36.4 Å². The van der Waals surface area contributed by atoms with Crippen molar-refractivity contribution in [1.82, 2.24) is 23.9 Å². The highest BCUT2D eigenvalue weighted by Gasteiger charge is 2.30. The van der Waals surface area contributed by atoms with Crippen LogP contribution in [0.5, 0.6) is 0 Å². The molecule has 1 aromatic carbocycles. The fourth-order valence-electron chi connectivity index (χ4n) is 4.23. The van der Waals surface area contributed by atoms with Gasteiger partial charge in [-0.15, -0.1) is 0 Å². The average Bonchev–Trinajstić information content (AvgIpc) is 2.98. The second kappa shape index (κ2) is 9.60. The summed E-state index contributed by atoms with van der Waals surface area (Å²) in [6.07, 6.45) is 0. The van der Waals surface area contributed by atoms with Crippen molar-refractivity contribution in [2.45, 2.75) is 52.7 Å². The van der Waals surface area contributed by atoms with Crippen molar-refractivity contribution >= 4 is 10.0 Å². The molecule has 30 heavy (non-hydrogen) atoms. The van der Waals surface area contributed by atoms with Crippen LogP contribution in [0, 0.1) is 20.8 Å². The number of benzene rings is 1. The van der Waals surface area contributed by atoms with Crippen molar-refractivity contribution in [2.24, 2.45) is 0 Å². The zero-order chi connectivity index (χ0) is 21.9. The highest BCUT2D eigenvalue weighted by atomic mass is 32.2. The maximum absolute atomic E-state index is 13.0. The predicted molar refractivity (Wildman–Crippen MR) is 120 cm³/mol. The topological polar surface area (TPSA) is 61.7 Å². The van der Waals surface area contributed by atoms with Gasteiger partial charge in [-0.25, -0.2) is 8.42 Å². The molecule has 1 fully saturated rings. The second-order valence-electron chi connectivity index (χ2n) is 8.11. The van der Waals surface area contributed by atoms with Gasteiger partial charge in [0.25, 0.3) is 0 Å². The van der Waals surface area contributed by atoms with E-state index in [9.17, 15) is 8.42 Å². The van der Waals surface area contributed by atoms with E-state index in [2.05, 4.69) is 46.1 Å². The van der Waals surface area contributed by atoms with Gasteiger partial charge in [0.05, 0.1) is 18.1 Å². The van der Waals surface area contributed by atoms with E-state index in [-0.39, 0.29) is 0 Å². The third-order valence-corrected chi connectivity index (χ3v) is 8.21. The molecule has 0 spiro atoms. The average molecular weight is 434 g/mol. The van der Waals surface area contributed by atoms with E-state index >= 15 is 0 Å². The largest absolute Gasteiger partial charge is 0.297 e. The number of hydrogen-bond donors (Lipinski definition) is 0. The van der Waals surface area contributed by atoms with Crippen LogP contribution in [-0.4, -0.2) is 71.6 Å². The molecule has 7 nitrogen and oxygen atoms in total. The summed E-state index contributed by atoms with van der Waals surface area (Å²) in [6, 6.07) is 8.69. The first-order chi connectivity index (χ1) is 14.3. The Bertz CT molecular complexity index is 958. The first kappa shape index (κ1) is 22.9. The van der Waals surface area contributed by atoms with E-state index in [0.717, 1.165) is 38.4 Å². The molecule has 0 bridgehead atoms. The molecule has 0 amide bonds. The fourth-order valence-corrected chi connectivity index (χ4v) is 6.06. The molecular formula is C22H35N5O2S. The van der Waals surface area contributed by atoms with Crippen molar-refractivity contribution in [3.63, 3.8) is 0 Å². The zero-order valence-corrected chi connectivity index (χ0v) is 19.7. The minimum Gasteiger partial charge on any atom is -0.297 e. The summed E-state index contributed by atoms with van der Waals surface area (Å²) in [5.41, 5.74) is 3.96. The highest BCUT2D eigenvalue weighted by molar-refractivity contribution is 7.89. The van der Waals surface area contributed by atoms with Gasteiger partial charge in [-0.1, -0.05) is 43.7 Å². The summed E-state index contributed by atoms with van der Waals surface area (Å²) in [6.45, 7) is 15.9. The lowest BCUT2D eigenvalue weighted by Crippen LogP contribution is -2.46. The van der Waals surface area contributed by atoms with Crippen LogP contribution >= 0.6 is 0 Å². The van der Waals surface area contributed by atoms with Gasteiger partial charge in [0, 0.05) is 45.8 Å². The Morgan fingerprint density at radius 2 is 1.63 bits per heavy atom. The number of hydrogen-bond acceptors (Lipinski definition) is 5. The van der Waals surface area contributed by atoms with Gasteiger partial charge in [0.2, 0.25) is 10.0 Å². The summed E-state index contributed by atoms with van der Waals surface area (Å²) >= 11 is 0. The lowest BCUT2D eigenvalue weighted by Gasteiger charge is -2.34. The fraction of sp³-hybridized carbons (Fsp3) is 0.591. The van der Waals surface area contributed by atoms with Crippen molar-refractivity contribution < 1.29 is 8.42 Å². The molecule has 3 rings (SSSR count). The van der Waals surface area contributed by atoms with Crippen LogP contribution in [0.2, 0.25) is 0 Å². The summed E-state index contributed by atoms with van der Waals surface area (Å²) in [7, 11) is -3.51. The quantitative estimate of drug-likeness (QED) is 0.640. The minimum absolute atomic E-state index is 0.365. The third kappa shape index (κ3) is 4.94. The van der Waals surface area contributed by atoms with Gasteiger partial charge in [0.1, 0.15) is 4.90 Å².